The fourth-order valence-electron chi connectivity index (χ4n) is 2.83. The van der Waals surface area contributed by atoms with Crippen molar-refractivity contribution in [3.8, 4) is 11.4 Å². The molecular weight excluding hydrogens is 449 g/mol. The second-order valence-electron chi connectivity index (χ2n) is 6.68. The van der Waals surface area contributed by atoms with Crippen molar-refractivity contribution < 1.29 is 18.3 Å². The van der Waals surface area contributed by atoms with Gasteiger partial charge in [-0.1, -0.05) is 35.3 Å². The highest BCUT2D eigenvalue weighted by molar-refractivity contribution is 6.35. The third kappa shape index (κ3) is 4.86. The molecule has 0 amide bonds. The van der Waals surface area contributed by atoms with Crippen LogP contribution in [0.4, 0.5) is 20.3 Å². The minimum atomic E-state index is -0.805. The molecule has 0 unspecified atom stereocenters. The first-order valence-electron chi connectivity index (χ1n) is 9.02. The van der Waals surface area contributed by atoms with Gasteiger partial charge in [0, 0.05) is 20.6 Å². The van der Waals surface area contributed by atoms with Crippen molar-refractivity contribution in [2.24, 2.45) is 0 Å². The molecule has 0 radical (unpaired) electrons. The van der Waals surface area contributed by atoms with Crippen LogP contribution >= 0.6 is 23.2 Å². The molecule has 162 valence electrons. The molecule has 0 bridgehead atoms. The maximum absolute atomic E-state index is 15.2. The number of anilines is 2. The third-order valence-corrected chi connectivity index (χ3v) is 5.02. The quantitative estimate of drug-likeness (QED) is 0.504. The van der Waals surface area contributed by atoms with Gasteiger partial charge in [-0.05, 0) is 29.8 Å². The molecular formula is C21H18Cl2F2N4O2. The summed E-state index contributed by atoms with van der Waals surface area (Å²) in [6, 6.07) is 8.73. The van der Waals surface area contributed by atoms with Crippen LogP contribution < -0.4 is 10.2 Å². The molecule has 0 spiro atoms. The number of halogens is 4. The second kappa shape index (κ2) is 9.45. The van der Waals surface area contributed by atoms with E-state index in [0.29, 0.717) is 0 Å². The van der Waals surface area contributed by atoms with E-state index in [4.69, 9.17) is 27.9 Å². The van der Waals surface area contributed by atoms with Crippen LogP contribution in [0.5, 0.6) is 0 Å². The molecule has 1 aromatic heterocycles. The van der Waals surface area contributed by atoms with Gasteiger partial charge in [0.2, 0.25) is 0 Å². The van der Waals surface area contributed by atoms with E-state index in [1.165, 1.54) is 36.3 Å². The molecule has 3 rings (SSSR count). The molecule has 2 aromatic carbocycles. The summed E-state index contributed by atoms with van der Waals surface area (Å²) >= 11 is 12.4. The lowest BCUT2D eigenvalue weighted by molar-refractivity contribution is 0.0594. The van der Waals surface area contributed by atoms with Gasteiger partial charge in [-0.2, -0.15) is 0 Å². The van der Waals surface area contributed by atoms with Gasteiger partial charge in [0.15, 0.2) is 17.3 Å². The molecule has 10 heteroatoms. The molecule has 0 aliphatic rings. The fraction of sp³-hybridized carbons (Fsp3) is 0.190. The van der Waals surface area contributed by atoms with E-state index in [0.717, 1.165) is 5.56 Å². The molecule has 1 heterocycles. The molecule has 0 atom stereocenters. The van der Waals surface area contributed by atoms with Crippen LogP contribution in [-0.2, 0) is 11.3 Å². The summed E-state index contributed by atoms with van der Waals surface area (Å²) in [7, 11) is 4.47. The number of benzene rings is 2. The number of ether oxygens (including phenoxy) is 1. The molecule has 1 N–H and O–H groups in total. The highest BCUT2D eigenvalue weighted by Crippen LogP contribution is 2.35. The third-order valence-electron chi connectivity index (χ3n) is 4.36. The number of aromatic nitrogens is 2. The number of hydrogen-bond donors (Lipinski definition) is 1. The van der Waals surface area contributed by atoms with Crippen molar-refractivity contribution in [1.29, 1.82) is 0 Å². The summed E-state index contributed by atoms with van der Waals surface area (Å²) in [5.74, 6) is -1.81. The van der Waals surface area contributed by atoms with Crippen molar-refractivity contribution in [2.75, 3.05) is 31.4 Å². The van der Waals surface area contributed by atoms with E-state index in [2.05, 4.69) is 15.3 Å². The van der Waals surface area contributed by atoms with Crippen LogP contribution in [0.25, 0.3) is 11.4 Å². The Balaban J connectivity index is 2.09. The van der Waals surface area contributed by atoms with Crippen LogP contribution in [0.1, 0.15) is 16.1 Å². The zero-order valence-electron chi connectivity index (χ0n) is 16.8. The van der Waals surface area contributed by atoms with E-state index in [1.807, 2.05) is 0 Å². The molecule has 0 saturated heterocycles. The van der Waals surface area contributed by atoms with Crippen molar-refractivity contribution in [3.63, 3.8) is 0 Å². The van der Waals surface area contributed by atoms with Crippen LogP contribution in [0.3, 0.4) is 0 Å². The molecule has 0 aliphatic carbocycles. The molecule has 3 aromatic rings. The zero-order chi connectivity index (χ0) is 22.7. The predicted molar refractivity (Wildman–Crippen MR) is 117 cm³/mol. The summed E-state index contributed by atoms with van der Waals surface area (Å²) in [6.07, 6.45) is 0. The van der Waals surface area contributed by atoms with Gasteiger partial charge in [-0.15, -0.1) is 0 Å². The van der Waals surface area contributed by atoms with Gasteiger partial charge in [0.1, 0.15) is 16.7 Å². The van der Waals surface area contributed by atoms with E-state index >= 15 is 4.39 Å². The topological polar surface area (TPSA) is 67.3 Å². The zero-order valence-corrected chi connectivity index (χ0v) is 18.4. The first kappa shape index (κ1) is 22.7. The van der Waals surface area contributed by atoms with Gasteiger partial charge < -0.3 is 15.0 Å². The molecule has 31 heavy (non-hydrogen) atoms. The van der Waals surface area contributed by atoms with Crippen molar-refractivity contribution in [1.82, 2.24) is 9.97 Å². The maximum Gasteiger partial charge on any atom is 0.358 e. The number of nitrogens with one attached hydrogen (secondary N) is 1. The van der Waals surface area contributed by atoms with Crippen LogP contribution in [0.2, 0.25) is 10.0 Å². The highest BCUT2D eigenvalue weighted by Gasteiger charge is 2.23. The normalized spacial score (nSPS) is 10.7. The standard InChI is InChI=1S/C21H18Cl2F2N4O2/c1-29(2)18-14(22)9-8-13(16(18)25)19-27-17(21(30)31-3)15(23)20(28-19)26-10-11-4-6-12(24)7-5-11/h4-9H,10H2,1-3H3,(H,26,27,28). The average molecular weight is 467 g/mol. The van der Waals surface area contributed by atoms with E-state index < -0.39 is 11.8 Å². The Morgan fingerprint density at radius 3 is 2.39 bits per heavy atom. The molecule has 0 saturated carbocycles. The fourth-order valence-corrected chi connectivity index (χ4v) is 3.37. The van der Waals surface area contributed by atoms with Gasteiger partial charge in [0.05, 0.1) is 23.4 Å². The number of carbonyl (C=O) groups is 1. The Hall–Kier alpha value is -2.97. The Bertz CT molecular complexity index is 1130. The SMILES string of the molecule is COC(=O)c1nc(-c2ccc(Cl)c(N(C)C)c2F)nc(NCc2ccc(F)cc2)c1Cl. The molecule has 0 fully saturated rings. The number of esters is 1. The summed E-state index contributed by atoms with van der Waals surface area (Å²) in [5, 5.41) is 3.10. The van der Waals surface area contributed by atoms with Crippen LogP contribution in [-0.4, -0.2) is 37.1 Å². The number of hydrogen-bond acceptors (Lipinski definition) is 6. The smallest absolute Gasteiger partial charge is 0.358 e. The summed E-state index contributed by atoms with van der Waals surface area (Å²) < 4.78 is 33.1. The van der Waals surface area contributed by atoms with Crippen LogP contribution in [0, 0.1) is 11.6 Å². The van der Waals surface area contributed by atoms with E-state index in [-0.39, 0.29) is 51.0 Å². The summed E-state index contributed by atoms with van der Waals surface area (Å²) in [4.78, 5) is 22.2. The lowest BCUT2D eigenvalue weighted by Gasteiger charge is -2.18. The lowest BCUT2D eigenvalue weighted by atomic mass is 10.1. The largest absolute Gasteiger partial charge is 0.464 e. The minimum Gasteiger partial charge on any atom is -0.464 e. The Kier molecular flexibility index (Phi) is 6.92. The monoisotopic (exact) mass is 466 g/mol. The summed E-state index contributed by atoms with van der Waals surface area (Å²) in [6.45, 7) is 0.225. The minimum absolute atomic E-state index is 0.0275. The summed E-state index contributed by atoms with van der Waals surface area (Å²) in [5.41, 5.74) is 0.694. The number of carbonyl (C=O) groups excluding carboxylic acids is 1. The second-order valence-corrected chi connectivity index (χ2v) is 7.47. The molecule has 0 aliphatic heterocycles. The number of rotatable bonds is 6. The highest BCUT2D eigenvalue weighted by atomic mass is 35.5. The first-order chi connectivity index (χ1) is 14.7. The first-order valence-corrected chi connectivity index (χ1v) is 9.78. The number of methoxy groups -OCH3 is 1. The van der Waals surface area contributed by atoms with E-state index in [9.17, 15) is 9.18 Å². The maximum atomic E-state index is 15.2. The lowest BCUT2D eigenvalue weighted by Crippen LogP contribution is -2.14. The number of nitrogens with zero attached hydrogens (tertiary/aromatic N) is 3. The van der Waals surface area contributed by atoms with Gasteiger partial charge in [-0.3, -0.25) is 0 Å². The van der Waals surface area contributed by atoms with Crippen LogP contribution in [0.15, 0.2) is 36.4 Å². The van der Waals surface area contributed by atoms with Gasteiger partial charge in [-0.25, -0.2) is 23.5 Å². The Labute approximate surface area is 187 Å². The average Bonchev–Trinajstić information content (AvgIpc) is 2.73. The molecule has 6 nitrogen and oxygen atoms in total. The Morgan fingerprint density at radius 2 is 1.77 bits per heavy atom. The van der Waals surface area contributed by atoms with Crippen molar-refractivity contribution in [3.05, 3.63) is 69.3 Å². The van der Waals surface area contributed by atoms with Gasteiger partial charge >= 0.3 is 5.97 Å². The van der Waals surface area contributed by atoms with Gasteiger partial charge in [0.25, 0.3) is 0 Å². The Morgan fingerprint density at radius 1 is 1.10 bits per heavy atom. The predicted octanol–water partition coefficient (Wildman–Crippen LogP) is 5.19. The van der Waals surface area contributed by atoms with Crippen molar-refractivity contribution in [2.45, 2.75) is 6.54 Å². The van der Waals surface area contributed by atoms with E-state index in [1.54, 1.807) is 26.2 Å². The van der Waals surface area contributed by atoms with Crippen molar-refractivity contribution >= 4 is 40.7 Å².